The molecule has 1 aromatic heterocycles. The maximum Gasteiger partial charge on any atom is 0.170 e. The number of nitrogens with zero attached hydrogens (tertiary/aromatic N) is 3. The Balaban J connectivity index is 1.18. The van der Waals surface area contributed by atoms with E-state index < -0.39 is 0 Å². The number of para-hydroxylation sites is 1. The molecule has 1 aliphatic rings. The first-order valence-corrected chi connectivity index (χ1v) is 11.4. The van der Waals surface area contributed by atoms with Gasteiger partial charge in [0.25, 0.3) is 0 Å². The van der Waals surface area contributed by atoms with Crippen molar-refractivity contribution in [3.8, 4) is 0 Å². The Hall–Kier alpha value is -3.19. The van der Waals surface area contributed by atoms with Crippen molar-refractivity contribution in [2.45, 2.75) is 12.8 Å². The summed E-state index contributed by atoms with van der Waals surface area (Å²) in [6, 6.07) is 21.2. The van der Waals surface area contributed by atoms with E-state index in [-0.39, 0.29) is 5.82 Å². The van der Waals surface area contributed by atoms with Gasteiger partial charge in [0.2, 0.25) is 0 Å². The molecule has 7 heteroatoms. The number of hydrogen-bond donors (Lipinski definition) is 2. The van der Waals surface area contributed by atoms with Gasteiger partial charge in [0.15, 0.2) is 5.11 Å². The Morgan fingerprint density at radius 2 is 1.62 bits per heavy atom. The fraction of sp³-hybridized carbons (Fsp3) is 0.280. The first kappa shape index (κ1) is 22.0. The molecular weight excluding hydrogens is 421 g/mol. The number of halogens is 1. The lowest BCUT2D eigenvalue weighted by atomic mass is 10.1. The molecule has 1 aliphatic heterocycles. The number of piperazine rings is 1. The van der Waals surface area contributed by atoms with Crippen LogP contribution in [0.5, 0.6) is 0 Å². The third-order valence-corrected chi connectivity index (χ3v) is 5.82. The van der Waals surface area contributed by atoms with Gasteiger partial charge in [-0.25, -0.2) is 9.37 Å². The first-order valence-electron chi connectivity index (χ1n) is 11.0. The van der Waals surface area contributed by atoms with E-state index in [1.54, 1.807) is 0 Å². The molecule has 5 nitrogen and oxygen atoms in total. The van der Waals surface area contributed by atoms with E-state index in [1.807, 2.05) is 30.5 Å². The Kier molecular flexibility index (Phi) is 7.51. The lowest BCUT2D eigenvalue weighted by Gasteiger charge is -2.36. The van der Waals surface area contributed by atoms with Crippen molar-refractivity contribution in [2.75, 3.05) is 47.8 Å². The monoisotopic (exact) mass is 449 g/mol. The third-order valence-electron chi connectivity index (χ3n) is 5.57. The average molecular weight is 450 g/mol. The van der Waals surface area contributed by atoms with Crippen molar-refractivity contribution in [1.82, 2.24) is 10.3 Å². The average Bonchev–Trinajstić information content (AvgIpc) is 2.84. The van der Waals surface area contributed by atoms with E-state index in [1.165, 1.54) is 17.8 Å². The van der Waals surface area contributed by atoms with Crippen LogP contribution < -0.4 is 20.4 Å². The van der Waals surface area contributed by atoms with Crippen molar-refractivity contribution in [1.29, 1.82) is 0 Å². The number of hydrogen-bond acceptors (Lipinski definition) is 4. The Labute approximate surface area is 194 Å². The molecular formula is C25H28FN5S. The molecule has 0 radical (unpaired) electrons. The summed E-state index contributed by atoms with van der Waals surface area (Å²) in [5, 5.41) is 6.98. The van der Waals surface area contributed by atoms with Crippen LogP contribution in [0.2, 0.25) is 0 Å². The molecule has 0 atom stereocenters. The largest absolute Gasteiger partial charge is 0.368 e. The van der Waals surface area contributed by atoms with Crippen LogP contribution in [0.1, 0.15) is 12.0 Å². The number of nitrogens with one attached hydrogen (secondary N) is 2. The van der Waals surface area contributed by atoms with Crippen molar-refractivity contribution in [3.63, 3.8) is 0 Å². The Morgan fingerprint density at radius 1 is 0.906 bits per heavy atom. The van der Waals surface area contributed by atoms with E-state index in [2.05, 4.69) is 55.7 Å². The summed E-state index contributed by atoms with van der Waals surface area (Å²) in [5.74, 6) is 0.785. The number of benzene rings is 2. The lowest BCUT2D eigenvalue weighted by molar-refractivity contribution is 0.626. The molecule has 1 fully saturated rings. The highest BCUT2D eigenvalue weighted by Crippen LogP contribution is 2.20. The molecule has 2 aromatic carbocycles. The fourth-order valence-electron chi connectivity index (χ4n) is 3.80. The summed E-state index contributed by atoms with van der Waals surface area (Å²) < 4.78 is 13.0. The molecule has 0 unspecified atom stereocenters. The highest BCUT2D eigenvalue weighted by Gasteiger charge is 2.18. The summed E-state index contributed by atoms with van der Waals surface area (Å²) in [4.78, 5) is 9.35. The highest BCUT2D eigenvalue weighted by molar-refractivity contribution is 7.80. The van der Waals surface area contributed by atoms with Gasteiger partial charge >= 0.3 is 0 Å². The van der Waals surface area contributed by atoms with Crippen molar-refractivity contribution in [2.24, 2.45) is 0 Å². The topological polar surface area (TPSA) is 43.4 Å². The Bertz CT molecular complexity index is 987. The fourth-order valence-corrected chi connectivity index (χ4v) is 4.02. The van der Waals surface area contributed by atoms with E-state index in [4.69, 9.17) is 12.2 Å². The molecule has 0 bridgehead atoms. The van der Waals surface area contributed by atoms with Gasteiger partial charge in [0.1, 0.15) is 11.6 Å². The molecule has 0 aliphatic carbocycles. The highest BCUT2D eigenvalue weighted by atomic mass is 32.1. The number of aryl methyl sites for hydroxylation is 1. The minimum Gasteiger partial charge on any atom is -0.368 e. The maximum atomic E-state index is 13.0. The molecule has 0 saturated carbocycles. The van der Waals surface area contributed by atoms with Crippen molar-refractivity contribution >= 4 is 34.5 Å². The first-order chi connectivity index (χ1) is 15.7. The van der Waals surface area contributed by atoms with Gasteiger partial charge in [-0.15, -0.1) is 0 Å². The molecule has 4 rings (SSSR count). The van der Waals surface area contributed by atoms with Gasteiger partial charge < -0.3 is 20.4 Å². The number of rotatable bonds is 7. The lowest BCUT2D eigenvalue weighted by Crippen LogP contribution is -2.46. The van der Waals surface area contributed by atoms with E-state index >= 15 is 0 Å². The molecule has 2 N–H and O–H groups in total. The predicted molar refractivity (Wildman–Crippen MR) is 134 cm³/mol. The van der Waals surface area contributed by atoms with E-state index in [9.17, 15) is 4.39 Å². The zero-order valence-electron chi connectivity index (χ0n) is 18.0. The minimum atomic E-state index is -0.202. The normalized spacial score (nSPS) is 13.7. The van der Waals surface area contributed by atoms with Crippen molar-refractivity contribution in [3.05, 3.63) is 84.3 Å². The van der Waals surface area contributed by atoms with Gasteiger partial charge in [-0.05, 0) is 67.0 Å². The van der Waals surface area contributed by atoms with Crippen LogP contribution in [0.3, 0.4) is 0 Å². The molecule has 0 amide bonds. The molecule has 1 saturated heterocycles. The Morgan fingerprint density at radius 3 is 2.31 bits per heavy atom. The smallest absolute Gasteiger partial charge is 0.170 e. The second-order valence-electron chi connectivity index (χ2n) is 7.83. The molecule has 32 heavy (non-hydrogen) atoms. The second kappa shape index (κ2) is 10.9. The van der Waals surface area contributed by atoms with Crippen molar-refractivity contribution < 1.29 is 4.39 Å². The predicted octanol–water partition coefficient (Wildman–Crippen LogP) is 4.47. The minimum absolute atomic E-state index is 0.202. The third kappa shape index (κ3) is 6.17. The molecule has 166 valence electrons. The van der Waals surface area contributed by atoms with Crippen LogP contribution >= 0.6 is 12.2 Å². The van der Waals surface area contributed by atoms with E-state index in [0.717, 1.165) is 62.6 Å². The van der Waals surface area contributed by atoms with Crippen LogP contribution in [-0.2, 0) is 6.42 Å². The number of anilines is 3. The number of thiocarbonyl (C=S) groups is 1. The summed E-state index contributed by atoms with van der Waals surface area (Å²) in [6.45, 7) is 4.61. The van der Waals surface area contributed by atoms with Gasteiger partial charge in [0.05, 0.1) is 11.9 Å². The SMILES string of the molecule is Fc1ccc(CCCNC(=S)Nc2ccc(N3CCN(c4ccccc4)CC3)nc2)cc1. The van der Waals surface area contributed by atoms with Crippen LogP contribution in [-0.4, -0.2) is 42.8 Å². The van der Waals surface area contributed by atoms with Gasteiger partial charge in [-0.3, -0.25) is 0 Å². The zero-order valence-corrected chi connectivity index (χ0v) is 18.8. The van der Waals surface area contributed by atoms with Gasteiger partial charge in [0, 0.05) is 38.4 Å². The summed E-state index contributed by atoms with van der Waals surface area (Å²) in [7, 11) is 0. The summed E-state index contributed by atoms with van der Waals surface area (Å²) >= 11 is 5.39. The standard InChI is InChI=1S/C25H28FN5S/c26-21-10-8-20(9-11-21)5-4-14-27-25(32)29-22-12-13-24(28-19-22)31-17-15-30(16-18-31)23-6-2-1-3-7-23/h1-3,6-13,19H,4-5,14-18H2,(H2,27,29,32). The van der Waals surface area contributed by atoms with Crippen LogP contribution in [0, 0.1) is 5.82 Å². The zero-order chi connectivity index (χ0) is 22.2. The van der Waals surface area contributed by atoms with Gasteiger partial charge in [-0.1, -0.05) is 30.3 Å². The van der Waals surface area contributed by atoms with E-state index in [0.29, 0.717) is 5.11 Å². The van der Waals surface area contributed by atoms with Crippen LogP contribution in [0.15, 0.2) is 72.9 Å². The molecule has 0 spiro atoms. The summed E-state index contributed by atoms with van der Waals surface area (Å²) in [5.41, 5.74) is 3.27. The van der Waals surface area contributed by atoms with Crippen LogP contribution in [0.4, 0.5) is 21.6 Å². The van der Waals surface area contributed by atoms with Gasteiger partial charge in [-0.2, -0.15) is 0 Å². The quantitative estimate of drug-likeness (QED) is 0.410. The number of pyridine rings is 1. The number of aromatic nitrogens is 1. The summed E-state index contributed by atoms with van der Waals surface area (Å²) in [6.07, 6.45) is 3.62. The maximum absolute atomic E-state index is 13.0. The molecule has 3 aromatic rings. The molecule has 2 heterocycles. The van der Waals surface area contributed by atoms with Crippen LogP contribution in [0.25, 0.3) is 0 Å². The second-order valence-corrected chi connectivity index (χ2v) is 8.23.